The van der Waals surface area contributed by atoms with Crippen LogP contribution in [-0.2, 0) is 4.79 Å². The Hall–Kier alpha value is -3.41. The van der Waals surface area contributed by atoms with Gasteiger partial charge in [-0.05, 0) is 68.1 Å². The Balaban J connectivity index is 1.39. The Morgan fingerprint density at radius 1 is 1.06 bits per heavy atom. The van der Waals surface area contributed by atoms with Gasteiger partial charge in [-0.1, -0.05) is 12.1 Å². The number of nitrogens with zero attached hydrogens (tertiary/aromatic N) is 3. The Morgan fingerprint density at radius 2 is 1.81 bits per heavy atom. The van der Waals surface area contributed by atoms with Crippen LogP contribution in [0.2, 0.25) is 0 Å². The van der Waals surface area contributed by atoms with Gasteiger partial charge in [-0.15, -0.1) is 0 Å². The fourth-order valence-electron chi connectivity index (χ4n) is 3.93. The van der Waals surface area contributed by atoms with Crippen LogP contribution in [0.25, 0.3) is 11.3 Å². The number of carbonyl (C=O) groups is 1. The summed E-state index contributed by atoms with van der Waals surface area (Å²) >= 11 is 0. The first kappa shape index (κ1) is 20.8. The Bertz CT molecular complexity index is 1060. The van der Waals surface area contributed by atoms with E-state index in [1.165, 1.54) is 5.56 Å². The second kappa shape index (κ2) is 9.16. The van der Waals surface area contributed by atoms with Gasteiger partial charge in [0.15, 0.2) is 0 Å². The highest BCUT2D eigenvalue weighted by atomic mass is 16.5. The van der Waals surface area contributed by atoms with Crippen molar-refractivity contribution < 1.29 is 9.53 Å². The first-order chi connectivity index (χ1) is 15.0. The van der Waals surface area contributed by atoms with E-state index in [0.717, 1.165) is 60.0 Å². The molecule has 0 spiro atoms. The van der Waals surface area contributed by atoms with Crippen LogP contribution in [0.15, 0.2) is 54.9 Å². The number of nitrogens with one attached hydrogen (secondary N) is 1. The molecule has 6 nitrogen and oxygen atoms in total. The zero-order chi connectivity index (χ0) is 21.8. The molecule has 6 heteroatoms. The first-order valence-corrected chi connectivity index (χ1v) is 10.6. The van der Waals surface area contributed by atoms with E-state index in [4.69, 9.17) is 4.74 Å². The maximum absolute atomic E-state index is 12.8. The lowest BCUT2D eigenvalue weighted by Gasteiger charge is -2.32. The molecule has 0 bridgehead atoms. The Labute approximate surface area is 183 Å². The molecule has 4 rings (SSSR count). The molecule has 1 fully saturated rings. The summed E-state index contributed by atoms with van der Waals surface area (Å²) < 4.78 is 5.23. The predicted octanol–water partition coefficient (Wildman–Crippen LogP) is 4.62. The topological polar surface area (TPSA) is 67.3 Å². The molecule has 1 aromatic heterocycles. The average molecular weight is 417 g/mol. The van der Waals surface area contributed by atoms with Crippen LogP contribution in [0.3, 0.4) is 0 Å². The number of rotatable bonds is 5. The molecule has 2 aromatic carbocycles. The van der Waals surface area contributed by atoms with E-state index in [1.807, 2.05) is 49.4 Å². The molecule has 1 amide bonds. The van der Waals surface area contributed by atoms with Crippen molar-refractivity contribution in [2.45, 2.75) is 26.7 Å². The van der Waals surface area contributed by atoms with Gasteiger partial charge < -0.3 is 15.0 Å². The second-order valence-electron chi connectivity index (χ2n) is 7.99. The summed E-state index contributed by atoms with van der Waals surface area (Å²) in [5, 5.41) is 3.12. The summed E-state index contributed by atoms with van der Waals surface area (Å²) in [6.07, 6.45) is 3.21. The number of amides is 1. The number of piperidine rings is 1. The molecule has 1 N–H and O–H groups in total. The van der Waals surface area contributed by atoms with E-state index >= 15 is 0 Å². The smallest absolute Gasteiger partial charge is 0.227 e. The summed E-state index contributed by atoms with van der Waals surface area (Å²) in [4.78, 5) is 23.9. The Kier molecular flexibility index (Phi) is 6.16. The maximum Gasteiger partial charge on any atom is 0.227 e. The van der Waals surface area contributed by atoms with E-state index in [-0.39, 0.29) is 11.8 Å². The molecule has 0 atom stereocenters. The third kappa shape index (κ3) is 4.68. The highest BCUT2D eigenvalue weighted by molar-refractivity contribution is 5.93. The number of anilines is 2. The zero-order valence-corrected chi connectivity index (χ0v) is 18.3. The van der Waals surface area contributed by atoms with Gasteiger partial charge >= 0.3 is 0 Å². The van der Waals surface area contributed by atoms with Crippen LogP contribution < -0.4 is 15.0 Å². The van der Waals surface area contributed by atoms with Crippen molar-refractivity contribution in [3.63, 3.8) is 0 Å². The molecule has 31 heavy (non-hydrogen) atoms. The third-order valence-corrected chi connectivity index (χ3v) is 6.09. The van der Waals surface area contributed by atoms with Crippen LogP contribution >= 0.6 is 0 Å². The molecular weight excluding hydrogens is 388 g/mol. The predicted molar refractivity (Wildman–Crippen MR) is 124 cm³/mol. The lowest BCUT2D eigenvalue weighted by Crippen LogP contribution is -2.38. The number of hydrogen-bond donors (Lipinski definition) is 1. The fraction of sp³-hybridized carbons (Fsp3) is 0.320. The highest BCUT2D eigenvalue weighted by Crippen LogP contribution is 2.27. The molecule has 0 aliphatic carbocycles. The quantitative estimate of drug-likeness (QED) is 0.657. The Morgan fingerprint density at radius 3 is 2.52 bits per heavy atom. The summed E-state index contributed by atoms with van der Waals surface area (Å²) in [5.74, 6) is 1.84. The lowest BCUT2D eigenvalue weighted by atomic mass is 9.95. The number of benzene rings is 2. The van der Waals surface area contributed by atoms with Crippen molar-refractivity contribution in [3.05, 3.63) is 66.0 Å². The van der Waals surface area contributed by atoms with Crippen LogP contribution in [0.1, 0.15) is 24.0 Å². The SMILES string of the molecule is COc1ccc(-c2cc(N3CCC(C(=O)Nc4cccc(C)c4C)CC3)ncn2)cc1. The van der Waals surface area contributed by atoms with Crippen molar-refractivity contribution in [3.8, 4) is 17.0 Å². The number of ether oxygens (including phenoxy) is 1. The minimum absolute atomic E-state index is 0.0130. The standard InChI is InChI=1S/C25H28N4O2/c1-17-5-4-6-22(18(17)2)28-25(30)20-11-13-29(14-12-20)24-15-23(26-16-27-24)19-7-9-21(31-3)10-8-19/h4-10,15-16,20H,11-14H2,1-3H3,(H,28,30). The number of methoxy groups -OCH3 is 1. The summed E-state index contributed by atoms with van der Waals surface area (Å²) in [6.45, 7) is 5.70. The van der Waals surface area contributed by atoms with Gasteiger partial charge in [0, 0.05) is 36.3 Å². The summed E-state index contributed by atoms with van der Waals surface area (Å²) in [5.41, 5.74) is 5.12. The minimum Gasteiger partial charge on any atom is -0.497 e. The molecule has 160 valence electrons. The molecule has 0 unspecified atom stereocenters. The van der Waals surface area contributed by atoms with Gasteiger partial charge in [-0.3, -0.25) is 4.79 Å². The zero-order valence-electron chi connectivity index (χ0n) is 18.3. The third-order valence-electron chi connectivity index (χ3n) is 6.09. The molecule has 1 saturated heterocycles. The van der Waals surface area contributed by atoms with Gasteiger partial charge in [0.2, 0.25) is 5.91 Å². The second-order valence-corrected chi connectivity index (χ2v) is 7.99. The summed E-state index contributed by atoms with van der Waals surface area (Å²) in [7, 11) is 1.66. The van der Waals surface area contributed by atoms with Gasteiger partial charge in [-0.2, -0.15) is 0 Å². The van der Waals surface area contributed by atoms with Gasteiger partial charge in [0.05, 0.1) is 12.8 Å². The van der Waals surface area contributed by atoms with Gasteiger partial charge in [0.25, 0.3) is 0 Å². The average Bonchev–Trinajstić information content (AvgIpc) is 2.82. The minimum atomic E-state index is 0.0130. The number of aromatic nitrogens is 2. The van der Waals surface area contributed by atoms with Crippen molar-refractivity contribution in [2.24, 2.45) is 5.92 Å². The van der Waals surface area contributed by atoms with Crippen molar-refractivity contribution in [2.75, 3.05) is 30.4 Å². The van der Waals surface area contributed by atoms with Crippen LogP contribution in [0, 0.1) is 19.8 Å². The number of carbonyl (C=O) groups excluding carboxylic acids is 1. The first-order valence-electron chi connectivity index (χ1n) is 10.6. The van der Waals surface area contributed by atoms with E-state index in [1.54, 1.807) is 13.4 Å². The lowest BCUT2D eigenvalue weighted by molar-refractivity contribution is -0.120. The molecule has 1 aliphatic rings. The maximum atomic E-state index is 12.8. The molecule has 3 aromatic rings. The molecule has 0 radical (unpaired) electrons. The number of aryl methyl sites for hydroxylation is 1. The van der Waals surface area contributed by atoms with E-state index < -0.39 is 0 Å². The van der Waals surface area contributed by atoms with Crippen molar-refractivity contribution >= 4 is 17.4 Å². The van der Waals surface area contributed by atoms with Crippen LogP contribution in [0.5, 0.6) is 5.75 Å². The van der Waals surface area contributed by atoms with E-state index in [0.29, 0.717) is 0 Å². The highest BCUT2D eigenvalue weighted by Gasteiger charge is 2.26. The normalized spacial score (nSPS) is 14.4. The van der Waals surface area contributed by atoms with Crippen LogP contribution in [0.4, 0.5) is 11.5 Å². The van der Waals surface area contributed by atoms with E-state index in [2.05, 4.69) is 33.2 Å². The monoisotopic (exact) mass is 416 g/mol. The fourth-order valence-corrected chi connectivity index (χ4v) is 3.93. The molecular formula is C25H28N4O2. The van der Waals surface area contributed by atoms with Gasteiger partial charge in [0.1, 0.15) is 17.9 Å². The molecule has 1 aliphatic heterocycles. The molecule has 0 saturated carbocycles. The van der Waals surface area contributed by atoms with Crippen molar-refractivity contribution in [1.82, 2.24) is 9.97 Å². The van der Waals surface area contributed by atoms with Gasteiger partial charge in [-0.25, -0.2) is 9.97 Å². The van der Waals surface area contributed by atoms with Crippen molar-refractivity contribution in [1.29, 1.82) is 0 Å². The molecule has 2 heterocycles. The van der Waals surface area contributed by atoms with Crippen LogP contribution in [-0.4, -0.2) is 36.1 Å². The number of hydrogen-bond acceptors (Lipinski definition) is 5. The largest absolute Gasteiger partial charge is 0.497 e. The summed E-state index contributed by atoms with van der Waals surface area (Å²) in [6, 6.07) is 15.9. The van der Waals surface area contributed by atoms with E-state index in [9.17, 15) is 4.79 Å².